The van der Waals surface area contributed by atoms with E-state index in [4.69, 9.17) is 0 Å². The molecule has 1 heterocycles. The molecule has 2 aromatic rings. The lowest BCUT2D eigenvalue weighted by Gasteiger charge is -1.91. The van der Waals surface area contributed by atoms with Gasteiger partial charge < -0.3 is 0 Å². The van der Waals surface area contributed by atoms with Crippen LogP contribution in [0.2, 0.25) is 0 Å². The van der Waals surface area contributed by atoms with Gasteiger partial charge in [-0.1, -0.05) is 25.1 Å². The fraction of sp³-hybridized carbons (Fsp3) is 0.231. The smallest absolute Gasteiger partial charge is 0.0938 e. The van der Waals surface area contributed by atoms with Gasteiger partial charge in [0.25, 0.3) is 0 Å². The molecule has 0 fully saturated rings. The average Bonchev–Trinajstić information content (AvgIpc) is 2.60. The molecule has 0 unspecified atom stereocenters. The molecule has 0 aliphatic carbocycles. The molecule has 2 heteroatoms. The van der Waals surface area contributed by atoms with Crippen molar-refractivity contribution in [2.24, 2.45) is 0 Å². The maximum Gasteiger partial charge on any atom is 0.0938 e. The Balaban J connectivity index is 2.42. The van der Waals surface area contributed by atoms with Crippen molar-refractivity contribution >= 4 is 27.6 Å². The molecule has 2 rings (SSSR count). The zero-order valence-electron chi connectivity index (χ0n) is 8.86. The largest absolute Gasteiger partial charge is 0.241 e. The van der Waals surface area contributed by atoms with Gasteiger partial charge in [0.1, 0.15) is 0 Å². The highest BCUT2D eigenvalue weighted by Crippen LogP contribution is 2.24. The van der Waals surface area contributed by atoms with Crippen LogP contribution in [0.3, 0.4) is 0 Å². The summed E-state index contributed by atoms with van der Waals surface area (Å²) < 4.78 is 1.27. The molecule has 0 N–H and O–H groups in total. The second-order valence-electron chi connectivity index (χ2n) is 3.49. The highest BCUT2D eigenvalue weighted by molar-refractivity contribution is 7.18. The van der Waals surface area contributed by atoms with Crippen LogP contribution in [0.1, 0.15) is 23.9 Å². The molecule has 77 valence electrons. The van der Waals surface area contributed by atoms with Gasteiger partial charge in [0.2, 0.25) is 0 Å². The number of hydrogen-bond acceptors (Lipinski definition) is 2. The first-order chi connectivity index (χ1) is 7.33. The molecule has 0 atom stereocenters. The molecule has 1 aromatic carbocycles. The number of nitrogens with zero attached hydrogens (tertiary/aromatic N) is 1. The van der Waals surface area contributed by atoms with Crippen LogP contribution in [0.4, 0.5) is 0 Å². The van der Waals surface area contributed by atoms with Crippen LogP contribution >= 0.6 is 11.3 Å². The summed E-state index contributed by atoms with van der Waals surface area (Å²) in [7, 11) is 0. The Labute approximate surface area is 94.5 Å². The van der Waals surface area contributed by atoms with Crippen LogP contribution < -0.4 is 0 Å². The van der Waals surface area contributed by atoms with Crippen molar-refractivity contribution in [2.45, 2.75) is 19.8 Å². The first-order valence-corrected chi connectivity index (χ1v) is 6.00. The maximum atomic E-state index is 4.58. The lowest BCUT2D eigenvalue weighted by atomic mass is 10.2. The second kappa shape index (κ2) is 4.58. The van der Waals surface area contributed by atoms with Crippen molar-refractivity contribution in [2.75, 3.05) is 0 Å². The van der Waals surface area contributed by atoms with Crippen LogP contribution in [0.5, 0.6) is 0 Å². The van der Waals surface area contributed by atoms with E-state index >= 15 is 0 Å². The highest BCUT2D eigenvalue weighted by Gasteiger charge is 2.02. The predicted octanol–water partition coefficient (Wildman–Crippen LogP) is 4.10. The van der Waals surface area contributed by atoms with Gasteiger partial charge in [0, 0.05) is 0 Å². The van der Waals surface area contributed by atoms with Gasteiger partial charge in [-0.3, -0.25) is 0 Å². The third kappa shape index (κ3) is 2.26. The van der Waals surface area contributed by atoms with Crippen LogP contribution in [0.15, 0.2) is 24.3 Å². The predicted molar refractivity (Wildman–Crippen MR) is 68.0 cm³/mol. The Morgan fingerprint density at radius 3 is 3.07 bits per heavy atom. The Kier molecular flexibility index (Phi) is 3.17. The van der Waals surface area contributed by atoms with Crippen LogP contribution in [0, 0.1) is 6.92 Å². The molecule has 0 saturated carbocycles. The molecule has 0 aliphatic rings. The van der Waals surface area contributed by atoms with Crippen molar-refractivity contribution in [3.05, 3.63) is 41.8 Å². The Morgan fingerprint density at radius 1 is 1.47 bits per heavy atom. The van der Waals surface area contributed by atoms with E-state index in [1.165, 1.54) is 15.3 Å². The molecule has 0 saturated heterocycles. The highest BCUT2D eigenvalue weighted by atomic mass is 32.1. The van der Waals surface area contributed by atoms with Crippen LogP contribution in [-0.4, -0.2) is 4.98 Å². The minimum atomic E-state index is 1.08. The molecule has 0 amide bonds. The quantitative estimate of drug-likeness (QED) is 0.753. The first-order valence-electron chi connectivity index (χ1n) is 5.18. The minimum absolute atomic E-state index is 1.08. The van der Waals surface area contributed by atoms with Crippen LogP contribution in [-0.2, 0) is 6.42 Å². The summed E-state index contributed by atoms with van der Waals surface area (Å²) >= 11 is 1.80. The normalized spacial score (nSPS) is 11.6. The van der Waals surface area contributed by atoms with E-state index in [1.807, 2.05) is 12.2 Å². The summed E-state index contributed by atoms with van der Waals surface area (Å²) in [5.41, 5.74) is 2.31. The summed E-state index contributed by atoms with van der Waals surface area (Å²) in [4.78, 5) is 4.58. The van der Waals surface area contributed by atoms with E-state index in [1.54, 1.807) is 11.3 Å². The van der Waals surface area contributed by atoms with Crippen molar-refractivity contribution in [1.82, 2.24) is 4.98 Å². The van der Waals surface area contributed by atoms with E-state index in [2.05, 4.69) is 37.0 Å². The number of aromatic nitrogens is 1. The van der Waals surface area contributed by atoms with E-state index in [9.17, 15) is 0 Å². The Morgan fingerprint density at radius 2 is 2.33 bits per heavy atom. The Bertz CT molecular complexity index is 482. The summed E-state index contributed by atoms with van der Waals surface area (Å²) in [5, 5.41) is 1.24. The van der Waals surface area contributed by atoms with Gasteiger partial charge in [-0.15, -0.1) is 11.3 Å². The molecule has 15 heavy (non-hydrogen) atoms. The second-order valence-corrected chi connectivity index (χ2v) is 4.60. The van der Waals surface area contributed by atoms with Gasteiger partial charge in [-0.2, -0.15) is 0 Å². The van der Waals surface area contributed by atoms with Crippen molar-refractivity contribution < 1.29 is 0 Å². The van der Waals surface area contributed by atoms with Gasteiger partial charge >= 0.3 is 0 Å². The fourth-order valence-corrected chi connectivity index (χ4v) is 2.67. The summed E-state index contributed by atoms with van der Waals surface area (Å²) in [6.07, 6.45) is 6.07. The first kappa shape index (κ1) is 10.4. The molecule has 0 aliphatic heterocycles. The molecular weight excluding hydrogens is 202 g/mol. The number of allylic oxidation sites excluding steroid dienone is 1. The molecule has 0 spiro atoms. The van der Waals surface area contributed by atoms with Gasteiger partial charge in [0.15, 0.2) is 0 Å². The zero-order chi connectivity index (χ0) is 10.7. The number of hydrogen-bond donors (Lipinski definition) is 0. The molecule has 1 aromatic heterocycles. The monoisotopic (exact) mass is 216 g/mol. The maximum absolute atomic E-state index is 4.58. The average molecular weight is 216 g/mol. The number of fused-ring (bicyclic) bond motifs is 1. The molecule has 0 bridgehead atoms. The lowest BCUT2D eigenvalue weighted by molar-refractivity contribution is 0.913. The SMILES string of the molecule is [CH2]C=Cc1ccc2nc(CCC)sc2c1. The van der Waals surface area contributed by atoms with E-state index in [-0.39, 0.29) is 0 Å². The summed E-state index contributed by atoms with van der Waals surface area (Å²) in [6, 6.07) is 6.34. The molecule has 1 nitrogen and oxygen atoms in total. The number of aryl methyl sites for hydroxylation is 1. The third-order valence-corrected chi connectivity index (χ3v) is 3.31. The van der Waals surface area contributed by atoms with Gasteiger partial charge in [-0.25, -0.2) is 4.98 Å². The molecule has 1 radical (unpaired) electrons. The Hall–Kier alpha value is -1.15. The summed E-state index contributed by atoms with van der Waals surface area (Å²) in [6.45, 7) is 5.89. The van der Waals surface area contributed by atoms with Crippen molar-refractivity contribution in [1.29, 1.82) is 0 Å². The molecular formula is C13H14NS. The van der Waals surface area contributed by atoms with Crippen molar-refractivity contribution in [3.8, 4) is 0 Å². The van der Waals surface area contributed by atoms with Gasteiger partial charge in [0.05, 0.1) is 15.2 Å². The minimum Gasteiger partial charge on any atom is -0.241 e. The van der Waals surface area contributed by atoms with Crippen LogP contribution in [0.25, 0.3) is 16.3 Å². The number of thiazole rings is 1. The van der Waals surface area contributed by atoms with E-state index in [0.717, 1.165) is 18.4 Å². The number of rotatable bonds is 3. The van der Waals surface area contributed by atoms with Crippen molar-refractivity contribution in [3.63, 3.8) is 0 Å². The van der Waals surface area contributed by atoms with Gasteiger partial charge in [-0.05, 0) is 37.5 Å². The fourth-order valence-electron chi connectivity index (χ4n) is 1.55. The standard InChI is InChI=1S/C13H14NS/c1-3-5-10-7-8-11-12(9-10)15-13(14-11)6-4-2/h3,5,7-9H,1,4,6H2,2H3. The summed E-state index contributed by atoms with van der Waals surface area (Å²) in [5.74, 6) is 0. The lowest BCUT2D eigenvalue weighted by Crippen LogP contribution is -1.78. The van der Waals surface area contributed by atoms with E-state index in [0.29, 0.717) is 0 Å². The van der Waals surface area contributed by atoms with E-state index < -0.39 is 0 Å². The zero-order valence-corrected chi connectivity index (χ0v) is 9.68. The topological polar surface area (TPSA) is 12.9 Å². The number of benzene rings is 1. The third-order valence-electron chi connectivity index (χ3n) is 2.23.